The molecule has 1 unspecified atom stereocenters. The van der Waals surface area contributed by atoms with Crippen molar-refractivity contribution in [1.29, 1.82) is 0 Å². The molecule has 0 saturated carbocycles. The van der Waals surface area contributed by atoms with E-state index in [1.54, 1.807) is 0 Å². The van der Waals surface area contributed by atoms with Gasteiger partial charge in [-0.25, -0.2) is 0 Å². The average Bonchev–Trinajstić information content (AvgIpc) is 2.29. The second-order valence-electron chi connectivity index (χ2n) is 4.25. The van der Waals surface area contributed by atoms with Crippen molar-refractivity contribution in [2.45, 2.75) is 26.3 Å². The van der Waals surface area contributed by atoms with Crippen molar-refractivity contribution in [2.75, 3.05) is 0 Å². The molecule has 1 atom stereocenters. The maximum Gasteiger partial charge on any atom is 0.243 e. The molecule has 16 heavy (non-hydrogen) atoms. The summed E-state index contributed by atoms with van der Waals surface area (Å²) in [6.07, 6.45) is 2.18. The summed E-state index contributed by atoms with van der Waals surface area (Å²) in [7, 11) is 0. The summed E-state index contributed by atoms with van der Waals surface area (Å²) < 4.78 is 0. The molecule has 0 saturated heterocycles. The van der Waals surface area contributed by atoms with Crippen LogP contribution in [-0.4, -0.2) is 11.9 Å². The molecule has 86 valence electrons. The minimum absolute atomic E-state index is 0.102. The number of benzene rings is 1. The minimum atomic E-state index is -0.102. The van der Waals surface area contributed by atoms with Crippen LogP contribution >= 0.6 is 0 Å². The van der Waals surface area contributed by atoms with Gasteiger partial charge in [-0.3, -0.25) is 4.79 Å². The Kier molecular flexibility index (Phi) is 4.77. The third-order valence-corrected chi connectivity index (χ3v) is 2.62. The molecule has 0 radical (unpaired) electrons. The lowest BCUT2D eigenvalue weighted by Crippen LogP contribution is -2.39. The zero-order valence-corrected chi connectivity index (χ0v) is 9.94. The summed E-state index contributed by atoms with van der Waals surface area (Å²) in [6.45, 7) is 7.68. The van der Waals surface area contributed by atoms with Crippen LogP contribution in [0.15, 0.2) is 43.0 Å². The van der Waals surface area contributed by atoms with Crippen molar-refractivity contribution in [3.63, 3.8) is 0 Å². The molecule has 2 heteroatoms. The van der Waals surface area contributed by atoms with Crippen molar-refractivity contribution >= 4 is 5.91 Å². The monoisotopic (exact) mass is 217 g/mol. The Morgan fingerprint density at radius 3 is 2.50 bits per heavy atom. The predicted octanol–water partition coefficient (Wildman–Crippen LogP) is 2.56. The van der Waals surface area contributed by atoms with Crippen molar-refractivity contribution in [3.8, 4) is 0 Å². The van der Waals surface area contributed by atoms with Gasteiger partial charge in [-0.1, -0.05) is 50.8 Å². The molecule has 1 rings (SSSR count). The highest BCUT2D eigenvalue weighted by atomic mass is 16.1. The van der Waals surface area contributed by atoms with E-state index in [-0.39, 0.29) is 11.9 Å². The first-order chi connectivity index (χ1) is 7.63. The van der Waals surface area contributed by atoms with Crippen LogP contribution in [0.2, 0.25) is 0 Å². The SMILES string of the molecule is C=CC(=O)NC(Cc1ccccc1)C(C)C. The lowest BCUT2D eigenvalue weighted by atomic mass is 9.96. The van der Waals surface area contributed by atoms with Gasteiger partial charge in [0.15, 0.2) is 0 Å². The molecule has 1 N–H and O–H groups in total. The van der Waals surface area contributed by atoms with Crippen LogP contribution in [-0.2, 0) is 11.2 Å². The van der Waals surface area contributed by atoms with E-state index >= 15 is 0 Å². The van der Waals surface area contributed by atoms with Crippen molar-refractivity contribution < 1.29 is 4.79 Å². The first kappa shape index (κ1) is 12.5. The van der Waals surface area contributed by atoms with Crippen molar-refractivity contribution in [1.82, 2.24) is 5.32 Å². The van der Waals surface area contributed by atoms with Gasteiger partial charge in [0.1, 0.15) is 0 Å². The van der Waals surface area contributed by atoms with Gasteiger partial charge < -0.3 is 5.32 Å². The van der Waals surface area contributed by atoms with E-state index in [4.69, 9.17) is 0 Å². The van der Waals surface area contributed by atoms with Crippen LogP contribution in [0.5, 0.6) is 0 Å². The zero-order valence-electron chi connectivity index (χ0n) is 9.94. The van der Waals surface area contributed by atoms with Gasteiger partial charge in [-0.15, -0.1) is 0 Å². The van der Waals surface area contributed by atoms with E-state index in [2.05, 4.69) is 37.9 Å². The molecule has 1 amide bonds. The molecule has 0 spiro atoms. The van der Waals surface area contributed by atoms with Gasteiger partial charge in [-0.2, -0.15) is 0 Å². The second-order valence-corrected chi connectivity index (χ2v) is 4.25. The van der Waals surface area contributed by atoms with Gasteiger partial charge in [0.25, 0.3) is 0 Å². The summed E-state index contributed by atoms with van der Waals surface area (Å²) >= 11 is 0. The van der Waals surface area contributed by atoms with E-state index in [1.807, 2.05) is 18.2 Å². The van der Waals surface area contributed by atoms with Gasteiger partial charge in [0.05, 0.1) is 0 Å². The van der Waals surface area contributed by atoms with Crippen molar-refractivity contribution in [3.05, 3.63) is 48.6 Å². The Morgan fingerprint density at radius 2 is 2.00 bits per heavy atom. The van der Waals surface area contributed by atoms with Crippen LogP contribution < -0.4 is 5.32 Å². The number of carbonyl (C=O) groups is 1. The fourth-order valence-corrected chi connectivity index (χ4v) is 1.56. The van der Waals surface area contributed by atoms with Crippen LogP contribution in [0.3, 0.4) is 0 Å². The predicted molar refractivity (Wildman–Crippen MR) is 67.1 cm³/mol. The quantitative estimate of drug-likeness (QED) is 0.754. The summed E-state index contributed by atoms with van der Waals surface area (Å²) in [6, 6.07) is 10.3. The first-order valence-corrected chi connectivity index (χ1v) is 5.60. The van der Waals surface area contributed by atoms with Crippen LogP contribution in [0, 0.1) is 5.92 Å². The molecular formula is C14H19NO. The molecule has 1 aromatic rings. The Morgan fingerprint density at radius 1 is 1.38 bits per heavy atom. The Bertz CT molecular complexity index is 343. The molecule has 0 heterocycles. The van der Waals surface area contributed by atoms with Crippen LogP contribution in [0.25, 0.3) is 0 Å². The highest BCUT2D eigenvalue weighted by molar-refractivity contribution is 5.87. The Hall–Kier alpha value is -1.57. The number of rotatable bonds is 5. The van der Waals surface area contributed by atoms with Gasteiger partial charge in [0.2, 0.25) is 5.91 Å². The number of carbonyl (C=O) groups excluding carboxylic acids is 1. The van der Waals surface area contributed by atoms with Gasteiger partial charge in [-0.05, 0) is 24.0 Å². The molecule has 0 bridgehead atoms. The van der Waals surface area contributed by atoms with Gasteiger partial charge in [0, 0.05) is 6.04 Å². The third kappa shape index (κ3) is 3.89. The van der Waals surface area contributed by atoms with E-state index in [1.165, 1.54) is 11.6 Å². The number of hydrogen-bond donors (Lipinski definition) is 1. The largest absolute Gasteiger partial charge is 0.349 e. The molecule has 0 aliphatic rings. The highest BCUT2D eigenvalue weighted by Gasteiger charge is 2.15. The highest BCUT2D eigenvalue weighted by Crippen LogP contribution is 2.10. The average molecular weight is 217 g/mol. The molecular weight excluding hydrogens is 198 g/mol. The van der Waals surface area contributed by atoms with E-state index < -0.39 is 0 Å². The molecule has 0 fully saturated rings. The normalized spacial score (nSPS) is 12.2. The summed E-state index contributed by atoms with van der Waals surface area (Å²) in [5, 5.41) is 2.96. The molecule has 0 aliphatic heterocycles. The number of hydrogen-bond acceptors (Lipinski definition) is 1. The molecule has 1 aromatic carbocycles. The zero-order chi connectivity index (χ0) is 12.0. The van der Waals surface area contributed by atoms with Crippen molar-refractivity contribution in [2.24, 2.45) is 5.92 Å². The smallest absolute Gasteiger partial charge is 0.243 e. The molecule has 0 aromatic heterocycles. The topological polar surface area (TPSA) is 29.1 Å². The summed E-state index contributed by atoms with van der Waals surface area (Å²) in [5.41, 5.74) is 1.24. The molecule has 0 aliphatic carbocycles. The summed E-state index contributed by atoms with van der Waals surface area (Å²) in [5.74, 6) is 0.304. The Labute approximate surface area is 97.4 Å². The summed E-state index contributed by atoms with van der Waals surface area (Å²) in [4.78, 5) is 11.3. The lowest BCUT2D eigenvalue weighted by molar-refractivity contribution is -0.117. The van der Waals surface area contributed by atoms with E-state index in [9.17, 15) is 4.79 Å². The third-order valence-electron chi connectivity index (χ3n) is 2.62. The standard InChI is InChI=1S/C14H19NO/c1-4-14(16)15-13(11(2)3)10-12-8-6-5-7-9-12/h4-9,11,13H,1,10H2,2-3H3,(H,15,16). The maximum atomic E-state index is 11.3. The minimum Gasteiger partial charge on any atom is -0.349 e. The fourth-order valence-electron chi connectivity index (χ4n) is 1.56. The second kappa shape index (κ2) is 6.11. The van der Waals surface area contributed by atoms with Crippen LogP contribution in [0.4, 0.5) is 0 Å². The van der Waals surface area contributed by atoms with E-state index in [0.717, 1.165) is 6.42 Å². The maximum absolute atomic E-state index is 11.3. The molecule has 2 nitrogen and oxygen atoms in total. The first-order valence-electron chi connectivity index (χ1n) is 5.60. The number of nitrogens with one attached hydrogen (secondary N) is 1. The number of amides is 1. The lowest BCUT2D eigenvalue weighted by Gasteiger charge is -2.21. The van der Waals surface area contributed by atoms with Gasteiger partial charge >= 0.3 is 0 Å². The van der Waals surface area contributed by atoms with Crippen LogP contribution in [0.1, 0.15) is 19.4 Å². The Balaban J connectivity index is 2.65. The fraction of sp³-hybridized carbons (Fsp3) is 0.357. The van der Waals surface area contributed by atoms with E-state index in [0.29, 0.717) is 5.92 Å².